The number of hydrogen-bond acceptors (Lipinski definition) is 4. The molecule has 0 aliphatic rings. The molecule has 7 heteroatoms. The first-order chi connectivity index (χ1) is 11.9. The van der Waals surface area contributed by atoms with Gasteiger partial charge in [0.2, 0.25) is 0 Å². The summed E-state index contributed by atoms with van der Waals surface area (Å²) in [5.74, 6) is 0.0358. The van der Waals surface area contributed by atoms with Crippen LogP contribution in [0.1, 0.15) is 27.2 Å². The molecule has 6 nitrogen and oxygen atoms in total. The fourth-order valence-corrected chi connectivity index (χ4v) is 2.93. The van der Waals surface area contributed by atoms with Crippen LogP contribution in [0.5, 0.6) is 0 Å². The minimum atomic E-state index is -0.343. The van der Waals surface area contributed by atoms with Crippen LogP contribution >= 0.6 is 15.9 Å². The van der Waals surface area contributed by atoms with E-state index in [1.165, 1.54) is 5.56 Å². The van der Waals surface area contributed by atoms with Gasteiger partial charge in [-0.1, -0.05) is 12.1 Å². The van der Waals surface area contributed by atoms with Gasteiger partial charge in [-0.05, 0) is 77.7 Å². The van der Waals surface area contributed by atoms with E-state index >= 15 is 0 Å². The number of H-pyrrole nitrogens is 1. The van der Waals surface area contributed by atoms with Gasteiger partial charge in [0.25, 0.3) is 5.91 Å². The number of hydrogen-bond donors (Lipinski definition) is 3. The second-order valence-corrected chi connectivity index (χ2v) is 6.74. The van der Waals surface area contributed by atoms with Crippen molar-refractivity contribution in [2.75, 3.05) is 10.6 Å². The van der Waals surface area contributed by atoms with Crippen molar-refractivity contribution in [3.63, 3.8) is 0 Å². The highest BCUT2D eigenvalue weighted by Gasteiger charge is 2.18. The van der Waals surface area contributed by atoms with Crippen molar-refractivity contribution in [1.82, 2.24) is 15.4 Å². The first-order valence-corrected chi connectivity index (χ1v) is 8.56. The van der Waals surface area contributed by atoms with E-state index in [9.17, 15) is 4.79 Å². The maximum Gasteiger partial charge on any atom is 0.280 e. The summed E-state index contributed by atoms with van der Waals surface area (Å²) < 4.78 is 0.813. The van der Waals surface area contributed by atoms with Crippen molar-refractivity contribution in [1.29, 1.82) is 0 Å². The van der Waals surface area contributed by atoms with E-state index in [1.807, 2.05) is 57.2 Å². The van der Waals surface area contributed by atoms with Crippen LogP contribution in [0.3, 0.4) is 0 Å². The molecule has 1 amide bonds. The van der Waals surface area contributed by atoms with Gasteiger partial charge in [0.1, 0.15) is 0 Å². The molecule has 0 fully saturated rings. The number of rotatable bonds is 4. The molecule has 1 aromatic heterocycles. The Morgan fingerprint density at radius 3 is 2.56 bits per heavy atom. The summed E-state index contributed by atoms with van der Waals surface area (Å²) in [6.07, 6.45) is 0. The van der Waals surface area contributed by atoms with E-state index in [-0.39, 0.29) is 11.6 Å². The lowest BCUT2D eigenvalue weighted by atomic mass is 10.1. The minimum absolute atomic E-state index is 0.200. The molecule has 0 aliphatic carbocycles. The molecule has 0 saturated carbocycles. The average Bonchev–Trinajstić information content (AvgIpc) is 3.02. The predicted octanol–water partition coefficient (Wildman–Crippen LogP) is 4.49. The largest absolute Gasteiger partial charge is 0.337 e. The third-order valence-electron chi connectivity index (χ3n) is 3.91. The van der Waals surface area contributed by atoms with Gasteiger partial charge in [0, 0.05) is 10.2 Å². The fraction of sp³-hybridized carbons (Fsp3) is 0.167. The Kier molecular flexibility index (Phi) is 4.85. The summed E-state index contributed by atoms with van der Waals surface area (Å²) in [5.41, 5.74) is 5.18. The maximum atomic E-state index is 12.5. The normalized spacial score (nSPS) is 10.6. The number of anilines is 3. The summed E-state index contributed by atoms with van der Waals surface area (Å²) in [4.78, 5) is 12.5. The Labute approximate surface area is 154 Å². The van der Waals surface area contributed by atoms with Crippen LogP contribution in [0.2, 0.25) is 0 Å². The van der Waals surface area contributed by atoms with Crippen LogP contribution in [-0.4, -0.2) is 21.3 Å². The van der Waals surface area contributed by atoms with Gasteiger partial charge in [-0.3, -0.25) is 4.79 Å². The number of halogens is 1. The summed E-state index contributed by atoms with van der Waals surface area (Å²) in [6.45, 7) is 6.07. The number of benzene rings is 2. The molecular weight excluding hydrogens is 382 g/mol. The second kappa shape index (κ2) is 7.06. The molecule has 0 unspecified atom stereocenters. The van der Waals surface area contributed by atoms with E-state index in [2.05, 4.69) is 42.0 Å². The molecule has 128 valence electrons. The van der Waals surface area contributed by atoms with Crippen LogP contribution in [-0.2, 0) is 0 Å². The fourth-order valence-electron chi connectivity index (χ4n) is 2.34. The zero-order valence-electron chi connectivity index (χ0n) is 14.1. The van der Waals surface area contributed by atoms with Crippen LogP contribution in [0, 0.1) is 20.8 Å². The quantitative estimate of drug-likeness (QED) is 0.603. The van der Waals surface area contributed by atoms with Gasteiger partial charge in [-0.25, -0.2) is 0 Å². The smallest absolute Gasteiger partial charge is 0.280 e. The van der Waals surface area contributed by atoms with Crippen molar-refractivity contribution in [2.45, 2.75) is 20.8 Å². The number of aromatic nitrogens is 3. The third-order valence-corrected chi connectivity index (χ3v) is 4.56. The molecule has 1 heterocycles. The molecule has 25 heavy (non-hydrogen) atoms. The number of aryl methyl sites for hydroxylation is 3. The zero-order chi connectivity index (χ0) is 18.0. The van der Waals surface area contributed by atoms with Crippen molar-refractivity contribution in [2.24, 2.45) is 0 Å². The van der Waals surface area contributed by atoms with Gasteiger partial charge in [0.15, 0.2) is 11.5 Å². The molecule has 0 atom stereocenters. The van der Waals surface area contributed by atoms with Gasteiger partial charge in [-0.15, -0.1) is 10.2 Å². The number of amides is 1. The molecule has 3 N–H and O–H groups in total. The third kappa shape index (κ3) is 3.88. The zero-order valence-corrected chi connectivity index (χ0v) is 15.7. The van der Waals surface area contributed by atoms with Gasteiger partial charge >= 0.3 is 0 Å². The number of aromatic amines is 1. The molecule has 0 bridgehead atoms. The van der Waals surface area contributed by atoms with Crippen LogP contribution in [0.25, 0.3) is 0 Å². The predicted molar refractivity (Wildman–Crippen MR) is 102 cm³/mol. The van der Waals surface area contributed by atoms with E-state index in [0.29, 0.717) is 11.5 Å². The standard InChI is InChI=1S/C18H18BrN5O/c1-10-4-7-15(14(19)8-10)21-18(25)16-17(23-24-22-16)20-13-6-5-11(2)12(3)9-13/h4-9H,1-3H3,(H,21,25)(H2,20,22,23,24). The van der Waals surface area contributed by atoms with E-state index < -0.39 is 0 Å². The minimum Gasteiger partial charge on any atom is -0.337 e. The monoisotopic (exact) mass is 399 g/mol. The summed E-state index contributed by atoms with van der Waals surface area (Å²) in [5, 5.41) is 16.5. The first-order valence-electron chi connectivity index (χ1n) is 7.76. The topological polar surface area (TPSA) is 82.7 Å². The molecule has 0 radical (unpaired) electrons. The Balaban J connectivity index is 1.80. The maximum absolute atomic E-state index is 12.5. The Morgan fingerprint density at radius 1 is 1.04 bits per heavy atom. The summed E-state index contributed by atoms with van der Waals surface area (Å²) in [6, 6.07) is 11.7. The highest BCUT2D eigenvalue weighted by atomic mass is 79.9. The molecule has 2 aromatic carbocycles. The highest BCUT2D eigenvalue weighted by molar-refractivity contribution is 9.10. The lowest BCUT2D eigenvalue weighted by molar-refractivity contribution is 0.102. The number of nitrogens with one attached hydrogen (secondary N) is 3. The van der Waals surface area contributed by atoms with Gasteiger partial charge in [-0.2, -0.15) is 5.21 Å². The SMILES string of the molecule is Cc1ccc(NC(=O)c2n[nH]nc2Nc2ccc(C)c(C)c2)c(Br)c1. The van der Waals surface area contributed by atoms with E-state index in [1.54, 1.807) is 0 Å². The first kappa shape index (κ1) is 17.2. The Bertz CT molecular complexity index is 935. The van der Waals surface area contributed by atoms with Crippen LogP contribution < -0.4 is 10.6 Å². The second-order valence-electron chi connectivity index (χ2n) is 5.88. The van der Waals surface area contributed by atoms with Crippen molar-refractivity contribution < 1.29 is 4.79 Å². The van der Waals surface area contributed by atoms with Crippen LogP contribution in [0.4, 0.5) is 17.2 Å². The molecule has 0 saturated heterocycles. The molecule has 0 aliphatic heterocycles. The summed E-state index contributed by atoms with van der Waals surface area (Å²) >= 11 is 3.45. The average molecular weight is 400 g/mol. The van der Waals surface area contributed by atoms with Crippen molar-refractivity contribution in [3.8, 4) is 0 Å². The lowest BCUT2D eigenvalue weighted by Crippen LogP contribution is -2.14. The van der Waals surface area contributed by atoms with Crippen LogP contribution in [0.15, 0.2) is 40.9 Å². The van der Waals surface area contributed by atoms with Crippen molar-refractivity contribution in [3.05, 3.63) is 63.3 Å². The lowest BCUT2D eigenvalue weighted by Gasteiger charge is -2.09. The highest BCUT2D eigenvalue weighted by Crippen LogP contribution is 2.25. The Hall–Kier alpha value is -2.67. The van der Waals surface area contributed by atoms with E-state index in [4.69, 9.17) is 0 Å². The number of carbonyl (C=O) groups is 1. The van der Waals surface area contributed by atoms with Crippen molar-refractivity contribution >= 4 is 39.0 Å². The van der Waals surface area contributed by atoms with Gasteiger partial charge in [0.05, 0.1) is 5.69 Å². The van der Waals surface area contributed by atoms with E-state index in [0.717, 1.165) is 21.3 Å². The van der Waals surface area contributed by atoms with Gasteiger partial charge < -0.3 is 10.6 Å². The summed E-state index contributed by atoms with van der Waals surface area (Å²) in [7, 11) is 0. The molecule has 3 aromatic rings. The molecule has 3 rings (SSSR count). The number of carbonyl (C=O) groups excluding carboxylic acids is 1. The Morgan fingerprint density at radius 2 is 1.84 bits per heavy atom. The molecular formula is C18H18BrN5O. The molecule has 0 spiro atoms. The number of nitrogens with zero attached hydrogens (tertiary/aromatic N) is 2.